The van der Waals surface area contributed by atoms with Gasteiger partial charge in [-0.15, -0.1) is 0 Å². The molecule has 0 saturated carbocycles. The van der Waals surface area contributed by atoms with E-state index < -0.39 is 12.1 Å². The normalized spacial score (nSPS) is 17.3. The van der Waals surface area contributed by atoms with Gasteiger partial charge in [0.15, 0.2) is 6.10 Å². The van der Waals surface area contributed by atoms with E-state index in [2.05, 4.69) is 6.92 Å². The highest BCUT2D eigenvalue weighted by Crippen LogP contribution is 2.35. The van der Waals surface area contributed by atoms with Crippen LogP contribution in [-0.4, -0.2) is 29.6 Å². The number of amides is 1. The number of carboxylic acid groups (broad SMARTS) is 1. The summed E-state index contributed by atoms with van der Waals surface area (Å²) >= 11 is 0. The third kappa shape index (κ3) is 3.54. The third-order valence-electron chi connectivity index (χ3n) is 3.56. The fourth-order valence-corrected chi connectivity index (χ4v) is 2.47. The summed E-state index contributed by atoms with van der Waals surface area (Å²) in [5.41, 5.74) is 1.79. The predicted octanol–water partition coefficient (Wildman–Crippen LogP) is 2.75. The van der Waals surface area contributed by atoms with Crippen LogP contribution in [0.15, 0.2) is 18.2 Å². The number of fused-ring (bicyclic) bond motifs is 1. The van der Waals surface area contributed by atoms with Gasteiger partial charge in [-0.1, -0.05) is 25.8 Å². The Morgan fingerprint density at radius 3 is 2.81 bits per heavy atom. The zero-order valence-electron chi connectivity index (χ0n) is 12.5. The zero-order valence-corrected chi connectivity index (χ0v) is 12.5. The van der Waals surface area contributed by atoms with Gasteiger partial charge < -0.3 is 14.7 Å². The van der Waals surface area contributed by atoms with Crippen molar-refractivity contribution < 1.29 is 19.4 Å². The molecule has 0 aliphatic carbocycles. The Morgan fingerprint density at radius 2 is 2.14 bits per heavy atom. The second-order valence-corrected chi connectivity index (χ2v) is 5.37. The molecule has 5 heteroatoms. The monoisotopic (exact) mass is 291 g/mol. The van der Waals surface area contributed by atoms with E-state index in [0.29, 0.717) is 12.3 Å². The first-order valence-corrected chi connectivity index (χ1v) is 7.33. The molecule has 2 rings (SSSR count). The Morgan fingerprint density at radius 1 is 1.38 bits per heavy atom. The lowest BCUT2D eigenvalue weighted by molar-refractivity contribution is -0.142. The maximum Gasteiger partial charge on any atom is 0.307 e. The number of aliphatic carboxylic acids is 1. The Balaban J connectivity index is 2.28. The number of rotatable bonds is 6. The topological polar surface area (TPSA) is 66.8 Å². The van der Waals surface area contributed by atoms with Crippen molar-refractivity contribution in [3.63, 3.8) is 0 Å². The minimum Gasteiger partial charge on any atom is -0.481 e. The van der Waals surface area contributed by atoms with E-state index in [-0.39, 0.29) is 12.3 Å². The Hall–Kier alpha value is -2.04. The van der Waals surface area contributed by atoms with Gasteiger partial charge in [0.2, 0.25) is 0 Å². The maximum absolute atomic E-state index is 12.5. The lowest BCUT2D eigenvalue weighted by atomic mass is 10.1. The highest BCUT2D eigenvalue weighted by Gasteiger charge is 2.35. The number of benzene rings is 1. The second-order valence-electron chi connectivity index (χ2n) is 5.37. The number of nitrogens with zero attached hydrogens (tertiary/aromatic N) is 1. The van der Waals surface area contributed by atoms with Gasteiger partial charge in [0.25, 0.3) is 5.91 Å². The molecule has 5 nitrogen and oxygen atoms in total. The van der Waals surface area contributed by atoms with Crippen LogP contribution in [0.4, 0.5) is 5.69 Å². The highest BCUT2D eigenvalue weighted by molar-refractivity contribution is 6.01. The van der Waals surface area contributed by atoms with E-state index >= 15 is 0 Å². The standard InChI is InChI=1S/C16H21NO4/c1-3-4-5-8-17-12-9-11(2)6-7-13(12)21-14(16(17)20)10-15(18)19/h6-7,9,14H,3-5,8,10H2,1-2H3,(H,18,19). The molecular weight excluding hydrogens is 270 g/mol. The molecule has 1 aromatic rings. The van der Waals surface area contributed by atoms with Crippen molar-refractivity contribution in [1.29, 1.82) is 0 Å². The van der Waals surface area contributed by atoms with Gasteiger partial charge in [-0.3, -0.25) is 9.59 Å². The molecule has 1 atom stereocenters. The van der Waals surface area contributed by atoms with Gasteiger partial charge in [0.05, 0.1) is 12.1 Å². The number of ether oxygens (including phenoxy) is 1. The van der Waals surface area contributed by atoms with Crippen LogP contribution < -0.4 is 9.64 Å². The molecule has 0 saturated heterocycles. The first-order chi connectivity index (χ1) is 10.0. The number of hydrogen-bond donors (Lipinski definition) is 1. The summed E-state index contributed by atoms with van der Waals surface area (Å²) in [4.78, 5) is 25.0. The number of aryl methyl sites for hydroxylation is 1. The summed E-state index contributed by atoms with van der Waals surface area (Å²) in [5.74, 6) is -0.702. The lowest BCUT2D eigenvalue weighted by Crippen LogP contribution is -2.47. The van der Waals surface area contributed by atoms with E-state index in [1.54, 1.807) is 11.0 Å². The molecule has 1 aliphatic heterocycles. The fraction of sp³-hybridized carbons (Fsp3) is 0.500. The Bertz CT molecular complexity index is 541. The molecule has 0 radical (unpaired) electrons. The lowest BCUT2D eigenvalue weighted by Gasteiger charge is -2.34. The van der Waals surface area contributed by atoms with Gasteiger partial charge in [-0.05, 0) is 31.0 Å². The van der Waals surface area contributed by atoms with Crippen LogP contribution in [0.25, 0.3) is 0 Å². The SMILES string of the molecule is CCCCCN1C(=O)C(CC(=O)O)Oc2ccc(C)cc21. The van der Waals surface area contributed by atoms with Crippen LogP contribution >= 0.6 is 0 Å². The largest absolute Gasteiger partial charge is 0.481 e. The van der Waals surface area contributed by atoms with Gasteiger partial charge in [-0.2, -0.15) is 0 Å². The minimum atomic E-state index is -1.03. The van der Waals surface area contributed by atoms with Crippen molar-refractivity contribution in [2.75, 3.05) is 11.4 Å². The molecule has 1 amide bonds. The summed E-state index contributed by atoms with van der Waals surface area (Å²) in [6.45, 7) is 4.66. The van der Waals surface area contributed by atoms with Gasteiger partial charge >= 0.3 is 5.97 Å². The summed E-state index contributed by atoms with van der Waals surface area (Å²) in [7, 11) is 0. The number of hydrogen-bond acceptors (Lipinski definition) is 3. The van der Waals surface area contributed by atoms with Crippen LogP contribution in [0, 0.1) is 6.92 Å². The minimum absolute atomic E-state index is 0.258. The van der Waals surface area contributed by atoms with Gasteiger partial charge in [0, 0.05) is 6.54 Å². The highest BCUT2D eigenvalue weighted by atomic mass is 16.5. The summed E-state index contributed by atoms with van der Waals surface area (Å²) in [6.07, 6.45) is 1.76. The number of carbonyl (C=O) groups is 2. The van der Waals surface area contributed by atoms with Crippen molar-refractivity contribution in [2.45, 2.75) is 45.6 Å². The van der Waals surface area contributed by atoms with E-state index in [0.717, 1.165) is 30.5 Å². The summed E-state index contributed by atoms with van der Waals surface area (Å²) in [6, 6.07) is 5.62. The van der Waals surface area contributed by atoms with E-state index in [9.17, 15) is 9.59 Å². The van der Waals surface area contributed by atoms with E-state index in [4.69, 9.17) is 9.84 Å². The number of anilines is 1. The van der Waals surface area contributed by atoms with Crippen LogP contribution in [-0.2, 0) is 9.59 Å². The average molecular weight is 291 g/mol. The second kappa shape index (κ2) is 6.61. The van der Waals surface area contributed by atoms with Crippen molar-refractivity contribution in [2.24, 2.45) is 0 Å². The van der Waals surface area contributed by atoms with Crippen LogP contribution in [0.3, 0.4) is 0 Å². The summed E-state index contributed by atoms with van der Waals surface area (Å²) < 4.78 is 5.57. The molecule has 0 aromatic heterocycles. The van der Waals surface area contributed by atoms with Gasteiger partial charge in [-0.25, -0.2) is 0 Å². The molecule has 0 spiro atoms. The molecule has 0 fully saturated rings. The van der Waals surface area contributed by atoms with Crippen LogP contribution in [0.1, 0.15) is 38.2 Å². The quantitative estimate of drug-likeness (QED) is 0.818. The van der Waals surface area contributed by atoms with Crippen LogP contribution in [0.5, 0.6) is 5.75 Å². The molecule has 1 unspecified atom stereocenters. The first kappa shape index (κ1) is 15.4. The maximum atomic E-state index is 12.5. The van der Waals surface area contributed by atoms with Crippen molar-refractivity contribution in [1.82, 2.24) is 0 Å². The molecule has 0 bridgehead atoms. The van der Waals surface area contributed by atoms with E-state index in [1.165, 1.54) is 0 Å². The molecule has 1 aromatic carbocycles. The molecule has 1 N–H and O–H groups in total. The molecular formula is C16H21NO4. The summed E-state index contributed by atoms with van der Waals surface area (Å²) in [5, 5.41) is 8.93. The van der Waals surface area contributed by atoms with Crippen LogP contribution in [0.2, 0.25) is 0 Å². The van der Waals surface area contributed by atoms with Crippen molar-refractivity contribution in [3.8, 4) is 5.75 Å². The number of unbranched alkanes of at least 4 members (excludes halogenated alkanes) is 2. The molecule has 1 aliphatic rings. The molecule has 114 valence electrons. The van der Waals surface area contributed by atoms with Crippen molar-refractivity contribution in [3.05, 3.63) is 23.8 Å². The molecule has 1 heterocycles. The van der Waals surface area contributed by atoms with Gasteiger partial charge in [0.1, 0.15) is 5.75 Å². The van der Waals surface area contributed by atoms with Crippen molar-refractivity contribution >= 4 is 17.6 Å². The number of carboxylic acids is 1. The van der Waals surface area contributed by atoms with E-state index in [1.807, 2.05) is 19.1 Å². The Kier molecular flexibility index (Phi) is 4.83. The Labute approximate surface area is 124 Å². The zero-order chi connectivity index (χ0) is 15.4. The average Bonchev–Trinajstić information content (AvgIpc) is 2.43. The number of carbonyl (C=O) groups excluding carboxylic acids is 1. The molecule has 21 heavy (non-hydrogen) atoms. The smallest absolute Gasteiger partial charge is 0.307 e. The fourth-order valence-electron chi connectivity index (χ4n) is 2.47. The predicted molar refractivity (Wildman–Crippen MR) is 79.7 cm³/mol. The first-order valence-electron chi connectivity index (χ1n) is 7.33. The third-order valence-corrected chi connectivity index (χ3v) is 3.56.